The van der Waals surface area contributed by atoms with E-state index in [0.717, 1.165) is 16.2 Å². The van der Waals surface area contributed by atoms with Gasteiger partial charge >= 0.3 is 6.18 Å². The third-order valence-electron chi connectivity index (χ3n) is 3.83. The van der Waals surface area contributed by atoms with E-state index in [1.807, 2.05) is 12.1 Å². The highest BCUT2D eigenvalue weighted by molar-refractivity contribution is 7.98. The first-order valence-corrected chi connectivity index (χ1v) is 10.1. The Balaban J connectivity index is 1.65. The molecule has 2 aromatic carbocycles. The van der Waals surface area contributed by atoms with Crippen molar-refractivity contribution in [1.82, 2.24) is 4.98 Å². The number of nitrogens with one attached hydrogen (secondary N) is 1. The average Bonchev–Trinajstić information content (AvgIpc) is 2.72. The lowest BCUT2D eigenvalue weighted by Crippen LogP contribution is -2.20. The monoisotopic (exact) mass is 452 g/mol. The van der Waals surface area contributed by atoms with E-state index >= 15 is 0 Å². The van der Waals surface area contributed by atoms with Crippen molar-refractivity contribution in [3.63, 3.8) is 0 Å². The van der Waals surface area contributed by atoms with Crippen LogP contribution in [-0.4, -0.2) is 23.7 Å². The SMILES string of the molecule is O=C(Nc1cc(Cl)ccc1OCC(F)(F)F)c1ccc(SCc2cccnc2)cc1. The Kier molecular flexibility index (Phi) is 7.23. The fourth-order valence-corrected chi connectivity index (χ4v) is 3.44. The summed E-state index contributed by atoms with van der Waals surface area (Å²) in [6, 6.07) is 14.7. The van der Waals surface area contributed by atoms with Gasteiger partial charge in [-0.25, -0.2) is 0 Å². The van der Waals surface area contributed by atoms with Crippen LogP contribution in [0, 0.1) is 0 Å². The number of halogens is 4. The summed E-state index contributed by atoms with van der Waals surface area (Å²) in [4.78, 5) is 17.6. The topological polar surface area (TPSA) is 51.2 Å². The van der Waals surface area contributed by atoms with Gasteiger partial charge in [0.1, 0.15) is 5.75 Å². The summed E-state index contributed by atoms with van der Waals surface area (Å²) in [5.74, 6) is 0.133. The van der Waals surface area contributed by atoms with Crippen molar-refractivity contribution >= 4 is 35.0 Å². The molecule has 1 heterocycles. The zero-order chi connectivity index (χ0) is 21.6. The van der Waals surface area contributed by atoms with Crippen molar-refractivity contribution in [3.8, 4) is 5.75 Å². The molecule has 0 aliphatic heterocycles. The van der Waals surface area contributed by atoms with Crippen LogP contribution in [0.5, 0.6) is 5.75 Å². The number of hydrogen-bond acceptors (Lipinski definition) is 4. The Morgan fingerprint density at radius 3 is 2.57 bits per heavy atom. The van der Waals surface area contributed by atoms with Gasteiger partial charge in [0.15, 0.2) is 6.61 Å². The fraction of sp³-hybridized carbons (Fsp3) is 0.143. The Morgan fingerprint density at radius 2 is 1.90 bits per heavy atom. The van der Waals surface area contributed by atoms with E-state index in [4.69, 9.17) is 16.3 Å². The molecule has 3 aromatic rings. The van der Waals surface area contributed by atoms with E-state index in [1.54, 1.807) is 48.4 Å². The normalized spacial score (nSPS) is 11.2. The molecule has 3 rings (SSSR count). The van der Waals surface area contributed by atoms with Crippen molar-refractivity contribution < 1.29 is 22.7 Å². The van der Waals surface area contributed by atoms with Crippen molar-refractivity contribution in [2.24, 2.45) is 0 Å². The van der Waals surface area contributed by atoms with Crippen LogP contribution in [0.1, 0.15) is 15.9 Å². The van der Waals surface area contributed by atoms with Gasteiger partial charge in [-0.1, -0.05) is 17.7 Å². The summed E-state index contributed by atoms with van der Waals surface area (Å²) in [6.45, 7) is -1.47. The number of alkyl halides is 3. The maximum absolute atomic E-state index is 12.5. The third-order valence-corrected chi connectivity index (χ3v) is 5.14. The standard InChI is InChI=1S/C21H16ClF3N2O2S/c22-16-5-8-19(29-13-21(23,24)25)18(10-16)27-20(28)15-3-6-17(7-4-15)30-12-14-2-1-9-26-11-14/h1-11H,12-13H2,(H,27,28). The van der Waals surface area contributed by atoms with Crippen molar-refractivity contribution in [3.05, 3.63) is 83.1 Å². The van der Waals surface area contributed by atoms with Gasteiger partial charge in [-0.05, 0) is 54.1 Å². The van der Waals surface area contributed by atoms with Crippen LogP contribution >= 0.6 is 23.4 Å². The molecule has 0 saturated carbocycles. The van der Waals surface area contributed by atoms with Gasteiger partial charge in [0.25, 0.3) is 5.91 Å². The molecule has 9 heteroatoms. The third kappa shape index (κ3) is 6.67. The minimum atomic E-state index is -4.50. The van der Waals surface area contributed by atoms with Crippen LogP contribution in [0.15, 0.2) is 71.9 Å². The predicted octanol–water partition coefficient (Wildman–Crippen LogP) is 6.22. The quantitative estimate of drug-likeness (QED) is 0.432. The van der Waals surface area contributed by atoms with Crippen LogP contribution in [-0.2, 0) is 5.75 Å². The summed E-state index contributed by atoms with van der Waals surface area (Å²) >= 11 is 7.50. The van der Waals surface area contributed by atoms with Crippen LogP contribution in [0.25, 0.3) is 0 Å². The molecule has 1 amide bonds. The van der Waals surface area contributed by atoms with Crippen LogP contribution < -0.4 is 10.1 Å². The first-order valence-electron chi connectivity index (χ1n) is 8.72. The second kappa shape index (κ2) is 9.86. The number of benzene rings is 2. The van der Waals surface area contributed by atoms with Gasteiger partial charge in [-0.15, -0.1) is 11.8 Å². The molecule has 0 spiro atoms. The zero-order valence-corrected chi connectivity index (χ0v) is 17.0. The highest BCUT2D eigenvalue weighted by atomic mass is 35.5. The lowest BCUT2D eigenvalue weighted by Gasteiger charge is -2.14. The van der Waals surface area contributed by atoms with Gasteiger partial charge in [0, 0.05) is 33.6 Å². The number of hydrogen-bond donors (Lipinski definition) is 1. The largest absolute Gasteiger partial charge is 0.482 e. The van der Waals surface area contributed by atoms with Crippen LogP contribution in [0.3, 0.4) is 0 Å². The number of nitrogens with zero attached hydrogens (tertiary/aromatic N) is 1. The van der Waals surface area contributed by atoms with Gasteiger partial charge < -0.3 is 10.1 Å². The molecule has 0 radical (unpaired) electrons. The van der Waals surface area contributed by atoms with Gasteiger partial charge in [0.05, 0.1) is 5.69 Å². The van der Waals surface area contributed by atoms with E-state index in [1.165, 1.54) is 18.2 Å². The molecule has 0 aliphatic rings. The Hall–Kier alpha value is -2.71. The molecule has 1 N–H and O–H groups in total. The van der Waals surface area contributed by atoms with Crippen LogP contribution in [0.4, 0.5) is 18.9 Å². The number of thioether (sulfide) groups is 1. The minimum absolute atomic E-state index is 0.0618. The Bertz CT molecular complexity index is 999. The average molecular weight is 453 g/mol. The summed E-state index contributed by atoms with van der Waals surface area (Å²) in [5.41, 5.74) is 1.49. The molecule has 0 unspecified atom stereocenters. The molecule has 0 bridgehead atoms. The zero-order valence-electron chi connectivity index (χ0n) is 15.4. The number of carbonyl (C=O) groups excluding carboxylic acids is 1. The number of amides is 1. The van der Waals surface area contributed by atoms with E-state index in [9.17, 15) is 18.0 Å². The second-order valence-electron chi connectivity index (χ2n) is 6.17. The van der Waals surface area contributed by atoms with Crippen molar-refractivity contribution in [2.45, 2.75) is 16.8 Å². The Labute approximate surface area is 180 Å². The molecule has 1 aromatic heterocycles. The molecular formula is C21H16ClF3N2O2S. The van der Waals surface area contributed by atoms with E-state index < -0.39 is 18.7 Å². The lowest BCUT2D eigenvalue weighted by atomic mass is 10.2. The first kappa shape index (κ1) is 22.0. The molecule has 0 atom stereocenters. The maximum atomic E-state index is 12.5. The smallest absolute Gasteiger partial charge is 0.422 e. The molecule has 0 aliphatic carbocycles. The number of rotatable bonds is 7. The van der Waals surface area contributed by atoms with Crippen LogP contribution in [0.2, 0.25) is 5.02 Å². The molecule has 0 fully saturated rings. The lowest BCUT2D eigenvalue weighted by molar-refractivity contribution is -0.153. The van der Waals surface area contributed by atoms with Crippen molar-refractivity contribution in [2.75, 3.05) is 11.9 Å². The van der Waals surface area contributed by atoms with Gasteiger partial charge in [-0.2, -0.15) is 13.2 Å². The summed E-state index contributed by atoms with van der Waals surface area (Å²) in [6.07, 6.45) is -0.996. The number of carbonyl (C=O) groups is 1. The number of anilines is 1. The Morgan fingerprint density at radius 1 is 1.13 bits per heavy atom. The number of aromatic nitrogens is 1. The summed E-state index contributed by atoms with van der Waals surface area (Å²) < 4.78 is 42.1. The highest BCUT2D eigenvalue weighted by Crippen LogP contribution is 2.30. The number of pyridine rings is 1. The predicted molar refractivity (Wildman–Crippen MR) is 111 cm³/mol. The van der Waals surface area contributed by atoms with Crippen molar-refractivity contribution in [1.29, 1.82) is 0 Å². The fourth-order valence-electron chi connectivity index (χ4n) is 2.43. The molecule has 4 nitrogen and oxygen atoms in total. The minimum Gasteiger partial charge on any atom is -0.482 e. The molecular weight excluding hydrogens is 437 g/mol. The van der Waals surface area contributed by atoms with E-state index in [-0.39, 0.29) is 16.5 Å². The highest BCUT2D eigenvalue weighted by Gasteiger charge is 2.29. The van der Waals surface area contributed by atoms with Gasteiger partial charge in [0.2, 0.25) is 0 Å². The number of ether oxygens (including phenoxy) is 1. The van der Waals surface area contributed by atoms with E-state index in [0.29, 0.717) is 5.56 Å². The maximum Gasteiger partial charge on any atom is 0.422 e. The first-order chi connectivity index (χ1) is 14.3. The molecule has 0 saturated heterocycles. The molecule has 156 valence electrons. The summed E-state index contributed by atoms with van der Waals surface area (Å²) in [5, 5.41) is 2.81. The second-order valence-corrected chi connectivity index (χ2v) is 7.66. The molecule has 30 heavy (non-hydrogen) atoms. The summed E-state index contributed by atoms with van der Waals surface area (Å²) in [7, 11) is 0. The van der Waals surface area contributed by atoms with E-state index in [2.05, 4.69) is 10.3 Å². The van der Waals surface area contributed by atoms with Gasteiger partial charge in [-0.3, -0.25) is 9.78 Å².